The van der Waals surface area contributed by atoms with Crippen molar-refractivity contribution in [2.75, 3.05) is 13.2 Å². The van der Waals surface area contributed by atoms with Crippen LogP contribution in [0.1, 0.15) is 52.4 Å². The predicted octanol–water partition coefficient (Wildman–Crippen LogP) is 2.63. The Bertz CT molecular complexity index is 386. The molecule has 1 saturated carbocycles. The predicted molar refractivity (Wildman–Crippen MR) is 71.3 cm³/mol. The van der Waals surface area contributed by atoms with Crippen LogP contribution in [0.3, 0.4) is 0 Å². The maximum Gasteiger partial charge on any atom is 0.303 e. The third-order valence-electron chi connectivity index (χ3n) is 4.66. The molecule has 2 N–H and O–H groups in total. The van der Waals surface area contributed by atoms with E-state index in [2.05, 4.69) is 4.90 Å². The zero-order valence-electron chi connectivity index (χ0n) is 11.9. The van der Waals surface area contributed by atoms with Gasteiger partial charge in [0.2, 0.25) is 0 Å². The highest BCUT2D eigenvalue weighted by Gasteiger charge is 2.38. The van der Waals surface area contributed by atoms with Crippen molar-refractivity contribution >= 4 is 5.97 Å². The number of carbonyl (C=O) groups is 1. The molecule has 0 radical (unpaired) electrons. The first kappa shape index (κ1) is 14.2. The van der Waals surface area contributed by atoms with Gasteiger partial charge in [0.1, 0.15) is 6.67 Å². The number of aliphatic carboxylic acids is 1. The molecule has 0 aromatic heterocycles. The molecule has 108 valence electrons. The van der Waals surface area contributed by atoms with Crippen molar-refractivity contribution in [3.63, 3.8) is 0 Å². The molecule has 0 amide bonds. The van der Waals surface area contributed by atoms with Gasteiger partial charge in [0.15, 0.2) is 0 Å². The topological polar surface area (TPSA) is 64.0 Å². The van der Waals surface area contributed by atoms with E-state index in [1.54, 1.807) is 0 Å². The van der Waals surface area contributed by atoms with Gasteiger partial charge in [-0.05, 0) is 32.1 Å². The molecule has 0 saturated heterocycles. The summed E-state index contributed by atoms with van der Waals surface area (Å²) in [5.41, 5.74) is 1.79. The second-order valence-corrected chi connectivity index (χ2v) is 6.04. The van der Waals surface area contributed by atoms with Crippen LogP contribution in [0.2, 0.25) is 0 Å². The van der Waals surface area contributed by atoms with Crippen molar-refractivity contribution in [1.29, 1.82) is 0 Å². The van der Waals surface area contributed by atoms with E-state index < -0.39 is 5.97 Å². The first-order valence-corrected chi connectivity index (χ1v) is 7.04. The zero-order chi connectivity index (χ0) is 14.0. The summed E-state index contributed by atoms with van der Waals surface area (Å²) in [4.78, 5) is 13.3. The first-order chi connectivity index (χ1) is 8.93. The SMILES string of the molecule is CC1=C(C)N(CC2(CC(=O)O)CCCCC2)CN1O. The highest BCUT2D eigenvalue weighted by molar-refractivity contribution is 5.67. The van der Waals surface area contributed by atoms with Crippen LogP contribution in [0.15, 0.2) is 11.4 Å². The lowest BCUT2D eigenvalue weighted by Crippen LogP contribution is -2.40. The van der Waals surface area contributed by atoms with Gasteiger partial charge in [0, 0.05) is 12.2 Å². The third kappa shape index (κ3) is 3.03. The van der Waals surface area contributed by atoms with Crippen LogP contribution < -0.4 is 0 Å². The first-order valence-electron chi connectivity index (χ1n) is 7.04. The molecule has 2 rings (SSSR count). The lowest BCUT2D eigenvalue weighted by Gasteiger charge is -2.40. The summed E-state index contributed by atoms with van der Waals surface area (Å²) in [6, 6.07) is 0. The Morgan fingerprint density at radius 2 is 1.84 bits per heavy atom. The van der Waals surface area contributed by atoms with Crippen molar-refractivity contribution in [2.45, 2.75) is 52.4 Å². The minimum atomic E-state index is -0.708. The molecule has 0 bridgehead atoms. The Labute approximate surface area is 114 Å². The highest BCUT2D eigenvalue weighted by atomic mass is 16.5. The van der Waals surface area contributed by atoms with Crippen LogP contribution in [0, 0.1) is 5.41 Å². The third-order valence-corrected chi connectivity index (χ3v) is 4.66. The van der Waals surface area contributed by atoms with Gasteiger partial charge in [-0.25, -0.2) is 5.06 Å². The zero-order valence-corrected chi connectivity index (χ0v) is 11.9. The number of hydrogen-bond acceptors (Lipinski definition) is 4. The van der Waals surface area contributed by atoms with Crippen LogP contribution in [-0.2, 0) is 4.79 Å². The molecule has 5 heteroatoms. The molecule has 1 heterocycles. The maximum atomic E-state index is 11.2. The lowest BCUT2D eigenvalue weighted by atomic mass is 9.71. The average molecular weight is 268 g/mol. The van der Waals surface area contributed by atoms with Gasteiger partial charge in [0.25, 0.3) is 0 Å². The Kier molecular flexibility index (Phi) is 4.04. The van der Waals surface area contributed by atoms with Crippen molar-refractivity contribution in [3.8, 4) is 0 Å². The number of rotatable bonds is 4. The largest absolute Gasteiger partial charge is 0.481 e. The normalized spacial score (nSPS) is 23.1. The van der Waals surface area contributed by atoms with Crippen LogP contribution in [0.25, 0.3) is 0 Å². The minimum absolute atomic E-state index is 0.128. The summed E-state index contributed by atoms with van der Waals surface area (Å²) in [7, 11) is 0. The van der Waals surface area contributed by atoms with Crippen molar-refractivity contribution < 1.29 is 15.1 Å². The Morgan fingerprint density at radius 1 is 1.21 bits per heavy atom. The van der Waals surface area contributed by atoms with Gasteiger partial charge in [0.05, 0.1) is 12.1 Å². The molecule has 19 heavy (non-hydrogen) atoms. The van der Waals surface area contributed by atoms with Gasteiger partial charge in [-0.15, -0.1) is 0 Å². The van der Waals surface area contributed by atoms with E-state index in [9.17, 15) is 15.1 Å². The van der Waals surface area contributed by atoms with E-state index in [-0.39, 0.29) is 11.8 Å². The quantitative estimate of drug-likeness (QED) is 0.820. The summed E-state index contributed by atoms with van der Waals surface area (Å²) in [6.45, 7) is 5.07. The smallest absolute Gasteiger partial charge is 0.303 e. The highest BCUT2D eigenvalue weighted by Crippen LogP contribution is 2.41. The summed E-state index contributed by atoms with van der Waals surface area (Å²) in [5, 5.41) is 20.2. The molecule has 0 aromatic rings. The van der Waals surface area contributed by atoms with Crippen molar-refractivity contribution in [1.82, 2.24) is 9.96 Å². The monoisotopic (exact) mass is 268 g/mol. The lowest BCUT2D eigenvalue weighted by molar-refractivity contribution is -0.141. The fraction of sp³-hybridized carbons (Fsp3) is 0.786. The summed E-state index contributed by atoms with van der Waals surface area (Å²) < 4.78 is 0. The fourth-order valence-corrected chi connectivity index (χ4v) is 3.38. The van der Waals surface area contributed by atoms with Crippen LogP contribution in [0.4, 0.5) is 0 Å². The molecule has 1 fully saturated rings. The fourth-order valence-electron chi connectivity index (χ4n) is 3.38. The number of nitrogens with zero attached hydrogens (tertiary/aromatic N) is 2. The van der Waals surface area contributed by atoms with Crippen LogP contribution in [0.5, 0.6) is 0 Å². The van der Waals surface area contributed by atoms with Crippen molar-refractivity contribution in [3.05, 3.63) is 11.4 Å². The number of hydroxylamine groups is 2. The number of hydrogen-bond donors (Lipinski definition) is 2. The van der Waals surface area contributed by atoms with E-state index in [1.807, 2.05) is 13.8 Å². The number of carboxylic acid groups (broad SMARTS) is 1. The van der Waals surface area contributed by atoms with Gasteiger partial charge < -0.3 is 10.0 Å². The maximum absolute atomic E-state index is 11.2. The second-order valence-electron chi connectivity index (χ2n) is 6.04. The van der Waals surface area contributed by atoms with E-state index in [0.717, 1.165) is 43.6 Å². The molecule has 1 aliphatic carbocycles. The Morgan fingerprint density at radius 3 is 2.32 bits per heavy atom. The van der Waals surface area contributed by atoms with E-state index >= 15 is 0 Å². The Hall–Kier alpha value is -1.23. The minimum Gasteiger partial charge on any atom is -0.481 e. The van der Waals surface area contributed by atoms with Gasteiger partial charge in [-0.3, -0.25) is 10.0 Å². The van der Waals surface area contributed by atoms with Gasteiger partial charge in [-0.2, -0.15) is 0 Å². The summed E-state index contributed by atoms with van der Waals surface area (Å²) >= 11 is 0. The molecular weight excluding hydrogens is 244 g/mol. The van der Waals surface area contributed by atoms with E-state index in [4.69, 9.17) is 0 Å². The van der Waals surface area contributed by atoms with E-state index in [1.165, 1.54) is 11.5 Å². The molecule has 2 aliphatic rings. The number of allylic oxidation sites excluding steroid dienone is 2. The molecular formula is C14H24N2O3. The summed E-state index contributed by atoms with van der Waals surface area (Å²) in [5.74, 6) is -0.708. The molecule has 1 aliphatic heterocycles. The van der Waals surface area contributed by atoms with Crippen LogP contribution in [-0.4, -0.2) is 39.5 Å². The van der Waals surface area contributed by atoms with Gasteiger partial charge >= 0.3 is 5.97 Å². The standard InChI is InChI=1S/C14H24N2O3/c1-11-12(2)16(19)10-15(11)9-14(8-13(17)18)6-4-3-5-7-14/h19H,3-10H2,1-2H3,(H,17,18). The molecule has 5 nitrogen and oxygen atoms in total. The second kappa shape index (κ2) is 5.41. The molecule has 0 spiro atoms. The Balaban J connectivity index is 2.11. The molecule has 0 aromatic carbocycles. The van der Waals surface area contributed by atoms with E-state index in [0.29, 0.717) is 6.67 Å². The molecule has 0 unspecified atom stereocenters. The summed E-state index contributed by atoms with van der Waals surface area (Å²) in [6.07, 6.45) is 5.64. The van der Waals surface area contributed by atoms with Crippen molar-refractivity contribution in [2.24, 2.45) is 5.41 Å². The number of carboxylic acids is 1. The van der Waals surface area contributed by atoms with Crippen LogP contribution >= 0.6 is 0 Å². The average Bonchev–Trinajstić information content (AvgIpc) is 2.57. The molecule has 0 atom stereocenters. The van der Waals surface area contributed by atoms with Gasteiger partial charge in [-0.1, -0.05) is 19.3 Å².